The molecule has 0 fully saturated rings. The zero-order chi connectivity index (χ0) is 24.0. The topological polar surface area (TPSA) is 142 Å². The Morgan fingerprint density at radius 3 is 2.33 bits per heavy atom. The highest BCUT2D eigenvalue weighted by Crippen LogP contribution is 2.24. The molecule has 0 saturated heterocycles. The summed E-state index contributed by atoms with van der Waals surface area (Å²) in [6, 6.07) is 16.5. The molecule has 0 atom stereocenters. The van der Waals surface area contributed by atoms with Gasteiger partial charge in [-0.1, -0.05) is 30.3 Å². The Hall–Kier alpha value is -4.25. The van der Waals surface area contributed by atoms with Crippen LogP contribution < -0.4 is 9.46 Å². The van der Waals surface area contributed by atoms with Crippen LogP contribution in [0.4, 0.5) is 11.4 Å². The van der Waals surface area contributed by atoms with Gasteiger partial charge in [0, 0.05) is 12.1 Å². The van der Waals surface area contributed by atoms with E-state index in [1.807, 2.05) is 0 Å². The smallest absolute Gasteiger partial charge is 0.340 e. The number of Topliss-reactive ketones (excluding diaryl/α,β-unsaturated/α-hetero) is 1. The lowest BCUT2D eigenvalue weighted by Crippen LogP contribution is -2.18. The van der Waals surface area contributed by atoms with Crippen molar-refractivity contribution in [3.05, 3.63) is 94.0 Å². The summed E-state index contributed by atoms with van der Waals surface area (Å²) in [5, 5.41) is 10.9. The van der Waals surface area contributed by atoms with Crippen molar-refractivity contribution < 1.29 is 32.4 Å². The molecule has 0 bridgehead atoms. The maximum Gasteiger partial charge on any atom is 0.340 e. The number of para-hydroxylation sites is 2. The van der Waals surface area contributed by atoms with E-state index in [4.69, 9.17) is 9.47 Å². The van der Waals surface area contributed by atoms with Crippen LogP contribution >= 0.6 is 0 Å². The molecular weight excluding hydrogens is 452 g/mol. The minimum atomic E-state index is -4.25. The number of esters is 1. The van der Waals surface area contributed by atoms with Crippen LogP contribution in [0.5, 0.6) is 5.75 Å². The number of nitro benzene ring substituents is 1. The van der Waals surface area contributed by atoms with Gasteiger partial charge in [-0.3, -0.25) is 19.6 Å². The average Bonchev–Trinajstić information content (AvgIpc) is 2.82. The number of nitrogens with one attached hydrogen (secondary N) is 1. The standard InChI is InChI=1S/C22H18N2O8S/c1-31-21-12-5-3-10-18(21)20(25)14-32-22(26)17-9-2-4-11-19(17)23-33(29,30)16-8-6-7-15(13-16)24(27)28/h2-13,23H,14H2,1H3. The minimum absolute atomic E-state index is 0.112. The first-order valence-corrected chi connectivity index (χ1v) is 10.9. The summed E-state index contributed by atoms with van der Waals surface area (Å²) in [4.78, 5) is 34.9. The van der Waals surface area contributed by atoms with E-state index in [-0.39, 0.29) is 21.7 Å². The van der Waals surface area contributed by atoms with Crippen LogP contribution in [0.3, 0.4) is 0 Å². The molecule has 0 aliphatic carbocycles. The number of carbonyl (C=O) groups is 2. The van der Waals surface area contributed by atoms with Crippen molar-refractivity contribution in [3.63, 3.8) is 0 Å². The molecule has 0 spiro atoms. The van der Waals surface area contributed by atoms with Crippen LogP contribution in [0.2, 0.25) is 0 Å². The van der Waals surface area contributed by atoms with Gasteiger partial charge in [0.15, 0.2) is 6.61 Å². The van der Waals surface area contributed by atoms with Crippen LogP contribution in [0.1, 0.15) is 20.7 Å². The van der Waals surface area contributed by atoms with Gasteiger partial charge >= 0.3 is 5.97 Å². The number of benzene rings is 3. The summed E-state index contributed by atoms with van der Waals surface area (Å²) in [5.74, 6) is -1.12. The van der Waals surface area contributed by atoms with Gasteiger partial charge in [-0.25, -0.2) is 13.2 Å². The van der Waals surface area contributed by atoms with E-state index in [0.717, 1.165) is 12.1 Å². The number of ether oxygens (including phenoxy) is 2. The molecule has 1 N–H and O–H groups in total. The summed E-state index contributed by atoms with van der Waals surface area (Å²) in [5.41, 5.74) is -0.425. The molecule has 3 rings (SSSR count). The van der Waals surface area contributed by atoms with Crippen molar-refractivity contribution in [1.29, 1.82) is 0 Å². The second kappa shape index (κ2) is 9.92. The normalized spacial score (nSPS) is 10.8. The maximum absolute atomic E-state index is 12.7. The number of rotatable bonds is 9. The van der Waals surface area contributed by atoms with Gasteiger partial charge in [-0.2, -0.15) is 0 Å². The fraction of sp³-hybridized carbons (Fsp3) is 0.0909. The SMILES string of the molecule is COc1ccccc1C(=O)COC(=O)c1ccccc1NS(=O)(=O)c1cccc([N+](=O)[O-])c1. The Balaban J connectivity index is 1.78. The molecule has 0 saturated carbocycles. The molecule has 0 radical (unpaired) electrons. The second-order valence-corrected chi connectivity index (χ2v) is 8.29. The number of methoxy groups -OCH3 is 1. The summed E-state index contributed by atoms with van der Waals surface area (Å²) in [7, 11) is -2.85. The van der Waals surface area contributed by atoms with Crippen LogP contribution in [0.15, 0.2) is 77.7 Å². The Kier molecular flexibility index (Phi) is 7.04. The van der Waals surface area contributed by atoms with Gasteiger partial charge in [-0.05, 0) is 30.3 Å². The highest BCUT2D eigenvalue weighted by Gasteiger charge is 2.22. The highest BCUT2D eigenvalue weighted by atomic mass is 32.2. The zero-order valence-electron chi connectivity index (χ0n) is 17.3. The third kappa shape index (κ3) is 5.52. The van der Waals surface area contributed by atoms with Crippen LogP contribution in [-0.2, 0) is 14.8 Å². The van der Waals surface area contributed by atoms with Crippen molar-refractivity contribution in [3.8, 4) is 5.75 Å². The Bertz CT molecular complexity index is 1320. The van der Waals surface area contributed by atoms with Crippen molar-refractivity contribution >= 4 is 33.2 Å². The molecule has 3 aromatic carbocycles. The number of anilines is 1. The highest BCUT2D eigenvalue weighted by molar-refractivity contribution is 7.92. The number of ketones is 1. The maximum atomic E-state index is 12.7. The summed E-state index contributed by atoms with van der Waals surface area (Å²) in [6.45, 7) is -0.592. The minimum Gasteiger partial charge on any atom is -0.496 e. The van der Waals surface area contributed by atoms with Crippen LogP contribution in [0, 0.1) is 10.1 Å². The number of nitrogens with zero attached hydrogens (tertiary/aromatic N) is 1. The van der Waals surface area contributed by atoms with Gasteiger partial charge in [0.2, 0.25) is 5.78 Å². The lowest BCUT2D eigenvalue weighted by atomic mass is 10.1. The first kappa shape index (κ1) is 23.4. The van der Waals surface area contributed by atoms with Crippen molar-refractivity contribution in [2.45, 2.75) is 4.90 Å². The predicted octanol–water partition coefficient (Wildman–Crippen LogP) is 3.44. The fourth-order valence-corrected chi connectivity index (χ4v) is 4.00. The Morgan fingerprint density at radius 2 is 1.64 bits per heavy atom. The molecular formula is C22H18N2O8S. The number of non-ortho nitro benzene ring substituents is 1. The number of sulfonamides is 1. The Labute approximate surface area is 189 Å². The van der Waals surface area contributed by atoms with E-state index >= 15 is 0 Å². The number of hydrogen-bond donors (Lipinski definition) is 1. The van der Waals surface area contributed by atoms with Crippen molar-refractivity contribution in [2.24, 2.45) is 0 Å². The molecule has 0 aliphatic heterocycles. The lowest BCUT2D eigenvalue weighted by Gasteiger charge is -2.12. The number of hydrogen-bond acceptors (Lipinski definition) is 8. The van der Waals surface area contributed by atoms with E-state index < -0.39 is 39.0 Å². The quantitative estimate of drug-likeness (QED) is 0.217. The molecule has 170 valence electrons. The second-order valence-electron chi connectivity index (χ2n) is 6.61. The monoisotopic (exact) mass is 470 g/mol. The summed E-state index contributed by atoms with van der Waals surface area (Å²) in [6.07, 6.45) is 0. The largest absolute Gasteiger partial charge is 0.496 e. The number of nitro groups is 1. The average molecular weight is 470 g/mol. The molecule has 10 nitrogen and oxygen atoms in total. The third-order valence-electron chi connectivity index (χ3n) is 4.47. The molecule has 33 heavy (non-hydrogen) atoms. The van der Waals surface area contributed by atoms with E-state index in [9.17, 15) is 28.1 Å². The third-order valence-corrected chi connectivity index (χ3v) is 5.83. The molecule has 0 aromatic heterocycles. The lowest BCUT2D eigenvalue weighted by molar-refractivity contribution is -0.385. The first-order chi connectivity index (χ1) is 15.7. The van der Waals surface area contributed by atoms with E-state index in [2.05, 4.69) is 4.72 Å². The molecule has 0 amide bonds. The fourth-order valence-electron chi connectivity index (χ4n) is 2.88. The predicted molar refractivity (Wildman–Crippen MR) is 118 cm³/mol. The van der Waals surface area contributed by atoms with Gasteiger partial charge in [-0.15, -0.1) is 0 Å². The summed E-state index contributed by atoms with van der Waals surface area (Å²) < 4.78 is 37.9. The van der Waals surface area contributed by atoms with Crippen LogP contribution in [-0.4, -0.2) is 38.8 Å². The summed E-state index contributed by atoms with van der Waals surface area (Å²) >= 11 is 0. The van der Waals surface area contributed by atoms with E-state index in [0.29, 0.717) is 5.75 Å². The van der Waals surface area contributed by atoms with Gasteiger partial charge in [0.25, 0.3) is 15.7 Å². The van der Waals surface area contributed by atoms with Crippen molar-refractivity contribution in [2.75, 3.05) is 18.4 Å². The molecule has 0 heterocycles. The van der Waals surface area contributed by atoms with Gasteiger partial charge in [0.05, 0.1) is 33.7 Å². The molecule has 11 heteroatoms. The van der Waals surface area contributed by atoms with Gasteiger partial charge in [0.1, 0.15) is 5.75 Å². The zero-order valence-corrected chi connectivity index (χ0v) is 18.1. The number of carbonyl (C=O) groups excluding carboxylic acids is 2. The molecule has 0 unspecified atom stereocenters. The van der Waals surface area contributed by atoms with E-state index in [1.54, 1.807) is 18.2 Å². The molecule has 0 aliphatic rings. The first-order valence-electron chi connectivity index (χ1n) is 9.42. The van der Waals surface area contributed by atoms with E-state index in [1.165, 1.54) is 49.6 Å². The Morgan fingerprint density at radius 1 is 0.970 bits per heavy atom. The van der Waals surface area contributed by atoms with Gasteiger partial charge < -0.3 is 9.47 Å². The van der Waals surface area contributed by atoms with Crippen LogP contribution in [0.25, 0.3) is 0 Å². The van der Waals surface area contributed by atoms with Crippen molar-refractivity contribution in [1.82, 2.24) is 0 Å². The molecule has 3 aromatic rings.